The molecule has 142 valence electrons. The number of aromatic nitrogens is 1. The van der Waals surface area contributed by atoms with Crippen molar-refractivity contribution in [3.63, 3.8) is 0 Å². The predicted octanol–water partition coefficient (Wildman–Crippen LogP) is 3.06. The van der Waals surface area contributed by atoms with Gasteiger partial charge < -0.3 is 4.42 Å². The number of rotatable bonds is 7. The first-order chi connectivity index (χ1) is 12.8. The van der Waals surface area contributed by atoms with Crippen molar-refractivity contribution in [2.75, 3.05) is 18.1 Å². The molecule has 0 saturated heterocycles. The molecular weight excluding hydrogens is 386 g/mol. The van der Waals surface area contributed by atoms with Crippen LogP contribution in [-0.4, -0.2) is 32.1 Å². The van der Waals surface area contributed by atoms with Crippen molar-refractivity contribution in [3.05, 3.63) is 58.7 Å². The third-order valence-electron chi connectivity index (χ3n) is 3.71. The molecule has 7 nitrogen and oxygen atoms in total. The van der Waals surface area contributed by atoms with Gasteiger partial charge in [0.15, 0.2) is 10.9 Å². The number of nitrogens with one attached hydrogen (secondary N) is 2. The summed E-state index contributed by atoms with van der Waals surface area (Å²) in [6, 6.07) is 10.7. The van der Waals surface area contributed by atoms with Crippen LogP contribution in [0.25, 0.3) is 11.5 Å². The molecule has 0 aliphatic heterocycles. The second-order valence-electron chi connectivity index (χ2n) is 6.02. The number of hydrogen-bond acceptors (Lipinski definition) is 6. The second-order valence-corrected chi connectivity index (χ2v) is 8.71. The largest absolute Gasteiger partial charge is 0.460 e. The normalized spacial score (nSPS) is 11.5. The summed E-state index contributed by atoms with van der Waals surface area (Å²) in [7, 11) is -3.19. The standard InChI is InChI=1S/C18H19N3O4S2/c1-12-3-8-16(25-12)15-11-26-18(20-15)21-17(22)14-6-4-13(5-7-14)9-10-19-27(2,23)24/h3-8,11,19H,9-10H2,1-2H3,(H,20,21,22). The first kappa shape index (κ1) is 19.3. The lowest BCUT2D eigenvalue weighted by Gasteiger charge is -2.05. The van der Waals surface area contributed by atoms with Gasteiger partial charge >= 0.3 is 0 Å². The molecule has 27 heavy (non-hydrogen) atoms. The highest BCUT2D eigenvalue weighted by Gasteiger charge is 2.12. The van der Waals surface area contributed by atoms with Crippen LogP contribution in [-0.2, 0) is 16.4 Å². The maximum Gasteiger partial charge on any atom is 0.257 e. The molecule has 0 saturated carbocycles. The Hall–Kier alpha value is -2.49. The van der Waals surface area contributed by atoms with Crippen LogP contribution in [0.1, 0.15) is 21.7 Å². The Kier molecular flexibility index (Phi) is 5.73. The third kappa shape index (κ3) is 5.49. The van der Waals surface area contributed by atoms with Gasteiger partial charge in [0.1, 0.15) is 11.5 Å². The van der Waals surface area contributed by atoms with Gasteiger partial charge in [0.25, 0.3) is 5.91 Å². The number of nitrogens with zero attached hydrogens (tertiary/aromatic N) is 1. The van der Waals surface area contributed by atoms with E-state index in [2.05, 4.69) is 15.0 Å². The van der Waals surface area contributed by atoms with Crippen LogP contribution in [0.3, 0.4) is 0 Å². The predicted molar refractivity (Wildman–Crippen MR) is 105 cm³/mol. The number of aryl methyl sites for hydroxylation is 1. The molecular formula is C18H19N3O4S2. The number of anilines is 1. The Morgan fingerprint density at radius 2 is 1.93 bits per heavy atom. The highest BCUT2D eigenvalue weighted by Crippen LogP contribution is 2.26. The molecule has 2 heterocycles. The summed E-state index contributed by atoms with van der Waals surface area (Å²) >= 11 is 1.32. The molecule has 9 heteroatoms. The molecule has 0 aliphatic carbocycles. The maximum absolute atomic E-state index is 12.4. The molecule has 1 aromatic carbocycles. The molecule has 2 N–H and O–H groups in total. The monoisotopic (exact) mass is 405 g/mol. The Balaban J connectivity index is 1.59. The lowest BCUT2D eigenvalue weighted by Crippen LogP contribution is -2.24. The van der Waals surface area contributed by atoms with Crippen molar-refractivity contribution in [1.29, 1.82) is 0 Å². The average molecular weight is 406 g/mol. The van der Waals surface area contributed by atoms with Gasteiger partial charge in [0, 0.05) is 17.5 Å². The van der Waals surface area contributed by atoms with E-state index in [1.54, 1.807) is 24.3 Å². The Labute approximate surface area is 161 Å². The van der Waals surface area contributed by atoms with Gasteiger partial charge in [-0.05, 0) is 43.2 Å². The number of carbonyl (C=O) groups excluding carboxylic acids is 1. The summed E-state index contributed by atoms with van der Waals surface area (Å²) in [6.07, 6.45) is 1.67. The van der Waals surface area contributed by atoms with Crippen molar-refractivity contribution in [1.82, 2.24) is 9.71 Å². The van der Waals surface area contributed by atoms with Crippen LogP contribution in [0.4, 0.5) is 5.13 Å². The fourth-order valence-electron chi connectivity index (χ4n) is 2.39. The fraction of sp³-hybridized carbons (Fsp3) is 0.222. The molecule has 3 rings (SSSR count). The van der Waals surface area contributed by atoms with Gasteiger partial charge in [-0.2, -0.15) is 0 Å². The lowest BCUT2D eigenvalue weighted by molar-refractivity contribution is 0.102. The number of furan rings is 1. The van der Waals surface area contributed by atoms with Gasteiger partial charge in [-0.25, -0.2) is 18.1 Å². The van der Waals surface area contributed by atoms with Crippen molar-refractivity contribution < 1.29 is 17.6 Å². The third-order valence-corrected chi connectivity index (χ3v) is 5.20. The van der Waals surface area contributed by atoms with Gasteiger partial charge in [-0.1, -0.05) is 12.1 Å². The highest BCUT2D eigenvalue weighted by atomic mass is 32.2. The first-order valence-electron chi connectivity index (χ1n) is 8.17. The molecule has 0 aliphatic rings. The minimum atomic E-state index is -3.19. The fourth-order valence-corrected chi connectivity index (χ4v) is 3.56. The van der Waals surface area contributed by atoms with Gasteiger partial charge in [0.2, 0.25) is 10.0 Å². The molecule has 0 fully saturated rings. The van der Waals surface area contributed by atoms with Gasteiger partial charge in [0.05, 0.1) is 6.26 Å². The van der Waals surface area contributed by atoms with E-state index >= 15 is 0 Å². The minimum Gasteiger partial charge on any atom is -0.460 e. The number of thiazole rings is 1. The number of hydrogen-bond donors (Lipinski definition) is 2. The highest BCUT2D eigenvalue weighted by molar-refractivity contribution is 7.88. The van der Waals surface area contributed by atoms with Crippen LogP contribution >= 0.6 is 11.3 Å². The molecule has 2 aromatic heterocycles. The van der Waals surface area contributed by atoms with Gasteiger partial charge in [-0.3, -0.25) is 10.1 Å². The van der Waals surface area contributed by atoms with Crippen molar-refractivity contribution in [2.24, 2.45) is 0 Å². The van der Waals surface area contributed by atoms with E-state index in [9.17, 15) is 13.2 Å². The van der Waals surface area contributed by atoms with Crippen LogP contribution in [0.15, 0.2) is 46.2 Å². The number of sulfonamides is 1. The van der Waals surface area contributed by atoms with Crippen molar-refractivity contribution in [3.8, 4) is 11.5 Å². The van der Waals surface area contributed by atoms with Crippen molar-refractivity contribution in [2.45, 2.75) is 13.3 Å². The van der Waals surface area contributed by atoms with Crippen LogP contribution < -0.4 is 10.0 Å². The summed E-state index contributed by atoms with van der Waals surface area (Å²) in [5, 5.41) is 5.09. The first-order valence-corrected chi connectivity index (χ1v) is 10.9. The summed E-state index contributed by atoms with van der Waals surface area (Å²) in [5.74, 6) is 1.21. The van der Waals surface area contributed by atoms with Crippen LogP contribution in [0, 0.1) is 6.92 Å². The van der Waals surface area contributed by atoms with Crippen LogP contribution in [0.2, 0.25) is 0 Å². The number of amides is 1. The Morgan fingerprint density at radius 3 is 2.56 bits per heavy atom. The summed E-state index contributed by atoms with van der Waals surface area (Å²) in [6.45, 7) is 2.18. The number of carbonyl (C=O) groups is 1. The quantitative estimate of drug-likeness (QED) is 0.629. The summed E-state index contributed by atoms with van der Waals surface area (Å²) in [4.78, 5) is 16.7. The van der Waals surface area contributed by atoms with Gasteiger partial charge in [-0.15, -0.1) is 11.3 Å². The van der Waals surface area contributed by atoms with E-state index < -0.39 is 10.0 Å². The molecule has 3 aromatic rings. The molecule has 0 spiro atoms. The van der Waals surface area contributed by atoms with E-state index in [0.29, 0.717) is 35.1 Å². The topological polar surface area (TPSA) is 101 Å². The average Bonchev–Trinajstić information content (AvgIpc) is 3.23. The molecule has 0 bridgehead atoms. The molecule has 0 radical (unpaired) electrons. The maximum atomic E-state index is 12.4. The van der Waals surface area contributed by atoms with E-state index in [-0.39, 0.29) is 5.91 Å². The zero-order valence-corrected chi connectivity index (χ0v) is 16.5. The second kappa shape index (κ2) is 8.03. The minimum absolute atomic E-state index is 0.257. The molecule has 1 amide bonds. The Morgan fingerprint density at radius 1 is 1.19 bits per heavy atom. The Bertz CT molecular complexity index is 1040. The van der Waals surface area contributed by atoms with E-state index in [0.717, 1.165) is 17.6 Å². The van der Waals surface area contributed by atoms with Crippen LogP contribution in [0.5, 0.6) is 0 Å². The summed E-state index contributed by atoms with van der Waals surface area (Å²) in [5.41, 5.74) is 2.12. The zero-order chi connectivity index (χ0) is 19.4. The molecule has 0 unspecified atom stereocenters. The SMILES string of the molecule is Cc1ccc(-c2csc(NC(=O)c3ccc(CCNS(C)(=O)=O)cc3)n2)o1. The zero-order valence-electron chi connectivity index (χ0n) is 14.9. The van der Waals surface area contributed by atoms with Crippen molar-refractivity contribution >= 4 is 32.4 Å². The molecule has 0 atom stereocenters. The van der Waals surface area contributed by atoms with E-state index in [4.69, 9.17) is 4.42 Å². The smallest absolute Gasteiger partial charge is 0.257 e. The number of benzene rings is 1. The van der Waals surface area contributed by atoms with E-state index in [1.165, 1.54) is 11.3 Å². The van der Waals surface area contributed by atoms with E-state index in [1.807, 2.05) is 24.4 Å². The summed E-state index contributed by atoms with van der Waals surface area (Å²) < 4.78 is 30.1. The lowest BCUT2D eigenvalue weighted by atomic mass is 10.1.